The van der Waals surface area contributed by atoms with Crippen molar-refractivity contribution in [3.05, 3.63) is 65.0 Å². The summed E-state index contributed by atoms with van der Waals surface area (Å²) >= 11 is 1.03. The van der Waals surface area contributed by atoms with Crippen LogP contribution in [0.3, 0.4) is 0 Å². The van der Waals surface area contributed by atoms with Crippen LogP contribution in [0, 0.1) is 0 Å². The maximum absolute atomic E-state index is 16.2. The Morgan fingerprint density at radius 3 is 2.69 bits per heavy atom. The second-order valence-corrected chi connectivity index (χ2v) is 11.1. The summed E-state index contributed by atoms with van der Waals surface area (Å²) in [7, 11) is -2.62. The lowest BCUT2D eigenvalue weighted by Crippen LogP contribution is -2.38. The number of unbranched alkanes of at least 4 members (excludes halogenated alkanes) is 1. The van der Waals surface area contributed by atoms with Crippen molar-refractivity contribution in [2.24, 2.45) is 0 Å². The Balaban J connectivity index is 1.69. The summed E-state index contributed by atoms with van der Waals surface area (Å²) < 4.78 is 45.7. The molecule has 1 aliphatic rings. The van der Waals surface area contributed by atoms with Gasteiger partial charge in [-0.25, -0.2) is 9.46 Å². The van der Waals surface area contributed by atoms with E-state index in [9.17, 15) is 14.7 Å². The van der Waals surface area contributed by atoms with E-state index in [2.05, 4.69) is 0 Å². The number of carbonyl (C=O) groups excluding carboxylic acids is 1. The SMILES string of the molecule is CCCCOC(=O)C1CCCN1P(Oc1ccccc1)C(F)(F)c1ccc2sc(C(=O)O)cc2c1. The summed E-state index contributed by atoms with van der Waals surface area (Å²) in [4.78, 5) is 24.2. The molecule has 0 radical (unpaired) electrons. The molecular weight excluding hydrogens is 495 g/mol. The number of carbonyl (C=O) groups is 2. The topological polar surface area (TPSA) is 76.1 Å². The van der Waals surface area contributed by atoms with E-state index in [1.165, 1.54) is 28.9 Å². The summed E-state index contributed by atoms with van der Waals surface area (Å²) in [5.41, 5.74) is -3.73. The third kappa shape index (κ3) is 5.63. The van der Waals surface area contributed by atoms with Gasteiger partial charge in [0.1, 0.15) is 16.7 Å². The molecule has 2 unspecified atom stereocenters. The van der Waals surface area contributed by atoms with E-state index >= 15 is 8.78 Å². The fourth-order valence-electron chi connectivity index (χ4n) is 3.92. The van der Waals surface area contributed by atoms with Gasteiger partial charge in [0.2, 0.25) is 8.30 Å². The third-order valence-electron chi connectivity index (χ3n) is 5.72. The maximum Gasteiger partial charge on any atom is 0.345 e. The minimum atomic E-state index is -3.45. The smallest absolute Gasteiger partial charge is 0.345 e. The quantitative estimate of drug-likeness (QED) is 0.179. The van der Waals surface area contributed by atoms with E-state index in [4.69, 9.17) is 9.26 Å². The Labute approximate surface area is 207 Å². The number of hydrogen-bond donors (Lipinski definition) is 1. The molecule has 1 aromatic heterocycles. The van der Waals surface area contributed by atoms with Crippen LogP contribution >= 0.6 is 19.6 Å². The van der Waals surface area contributed by atoms with E-state index in [0.29, 0.717) is 29.3 Å². The third-order valence-corrected chi connectivity index (χ3v) is 8.89. The second-order valence-electron chi connectivity index (χ2n) is 8.23. The molecule has 0 spiro atoms. The molecule has 0 amide bonds. The van der Waals surface area contributed by atoms with Crippen LogP contribution in [-0.2, 0) is 15.2 Å². The van der Waals surface area contributed by atoms with E-state index in [1.54, 1.807) is 30.3 Å². The zero-order valence-corrected chi connectivity index (χ0v) is 20.9. The predicted octanol–water partition coefficient (Wildman–Crippen LogP) is 6.85. The number of benzene rings is 2. The molecule has 1 N–H and O–H groups in total. The number of nitrogens with zero attached hydrogens (tertiary/aromatic N) is 1. The van der Waals surface area contributed by atoms with Gasteiger partial charge in [0.15, 0.2) is 0 Å². The van der Waals surface area contributed by atoms with Crippen molar-refractivity contribution in [3.63, 3.8) is 0 Å². The van der Waals surface area contributed by atoms with Crippen molar-refractivity contribution in [1.29, 1.82) is 0 Å². The number of para-hydroxylation sites is 1. The van der Waals surface area contributed by atoms with E-state index in [0.717, 1.165) is 17.8 Å². The summed E-state index contributed by atoms with van der Waals surface area (Å²) in [6, 6.07) is 13.1. The van der Waals surface area contributed by atoms with Gasteiger partial charge in [-0.2, -0.15) is 8.78 Å². The molecule has 1 saturated heterocycles. The van der Waals surface area contributed by atoms with Crippen molar-refractivity contribution in [2.75, 3.05) is 13.2 Å². The number of halogens is 2. The largest absolute Gasteiger partial charge is 0.477 e. The Hall–Kier alpha value is -2.61. The average molecular weight is 522 g/mol. The number of rotatable bonds is 10. The van der Waals surface area contributed by atoms with Crippen molar-refractivity contribution in [1.82, 2.24) is 4.67 Å². The van der Waals surface area contributed by atoms with Gasteiger partial charge in [-0.15, -0.1) is 11.3 Å². The molecule has 186 valence electrons. The van der Waals surface area contributed by atoms with Crippen LogP contribution in [-0.4, -0.2) is 40.9 Å². The number of hydrogen-bond acceptors (Lipinski definition) is 6. The molecule has 3 aromatic rings. The minimum absolute atomic E-state index is 0.0812. The van der Waals surface area contributed by atoms with Gasteiger partial charge in [0.25, 0.3) is 0 Å². The van der Waals surface area contributed by atoms with Crippen molar-refractivity contribution < 1.29 is 32.7 Å². The van der Waals surface area contributed by atoms with E-state index in [1.807, 2.05) is 6.92 Å². The number of carboxylic acids is 1. The first kappa shape index (κ1) is 25.5. The molecule has 0 bridgehead atoms. The zero-order chi connectivity index (χ0) is 25.0. The molecule has 2 atom stereocenters. The summed E-state index contributed by atoms with van der Waals surface area (Å²) in [6.45, 7) is 2.52. The average Bonchev–Trinajstić information content (AvgIpc) is 3.50. The fraction of sp³-hybridized carbons (Fsp3) is 0.360. The minimum Gasteiger partial charge on any atom is -0.477 e. The Morgan fingerprint density at radius 1 is 1.20 bits per heavy atom. The zero-order valence-electron chi connectivity index (χ0n) is 19.2. The molecule has 2 aromatic carbocycles. The number of ether oxygens (including phenoxy) is 1. The molecule has 6 nitrogen and oxygen atoms in total. The normalized spacial score (nSPS) is 17.4. The lowest BCUT2D eigenvalue weighted by Gasteiger charge is -2.35. The molecule has 1 aliphatic heterocycles. The van der Waals surface area contributed by atoms with Gasteiger partial charge >= 0.3 is 17.6 Å². The molecule has 35 heavy (non-hydrogen) atoms. The maximum atomic E-state index is 16.2. The highest BCUT2D eigenvalue weighted by atomic mass is 32.1. The van der Waals surface area contributed by atoms with Gasteiger partial charge in [0.05, 0.1) is 6.61 Å². The second kappa shape index (κ2) is 11.0. The van der Waals surface area contributed by atoms with Crippen LogP contribution in [0.5, 0.6) is 5.75 Å². The van der Waals surface area contributed by atoms with Crippen LogP contribution in [0.15, 0.2) is 54.6 Å². The van der Waals surface area contributed by atoms with Gasteiger partial charge in [-0.05, 0) is 55.0 Å². The number of thiophene rings is 1. The standard InChI is InChI=1S/C25H26F2NO5PS/c1-2-3-14-32-24(31)20-10-7-13-28(20)34(33-19-8-5-4-6-9-19)25(26,27)18-11-12-21-17(15-18)16-22(35-21)23(29)30/h4-6,8-9,11-12,15-16,20H,2-3,7,10,13-14H2,1H3,(H,29,30). The van der Waals surface area contributed by atoms with E-state index in [-0.39, 0.29) is 29.3 Å². The first-order chi connectivity index (χ1) is 16.8. The molecule has 1 fully saturated rings. The van der Waals surface area contributed by atoms with Crippen molar-refractivity contribution in [2.45, 2.75) is 44.3 Å². The Morgan fingerprint density at radius 2 is 1.97 bits per heavy atom. The van der Waals surface area contributed by atoms with Gasteiger partial charge in [-0.3, -0.25) is 4.79 Å². The number of carboxylic acid groups (broad SMARTS) is 1. The van der Waals surface area contributed by atoms with Crippen LogP contribution in [0.25, 0.3) is 10.1 Å². The number of fused-ring (bicyclic) bond motifs is 1. The van der Waals surface area contributed by atoms with Gasteiger partial charge < -0.3 is 14.4 Å². The molecule has 10 heteroatoms. The summed E-state index contributed by atoms with van der Waals surface area (Å²) in [5.74, 6) is -1.32. The number of aromatic carboxylic acids is 1. The number of esters is 1. The van der Waals surface area contributed by atoms with Gasteiger partial charge in [-0.1, -0.05) is 37.6 Å². The van der Waals surface area contributed by atoms with E-state index < -0.39 is 31.9 Å². The molecule has 2 heterocycles. The predicted molar refractivity (Wildman–Crippen MR) is 132 cm³/mol. The first-order valence-electron chi connectivity index (χ1n) is 11.4. The highest BCUT2D eigenvalue weighted by Gasteiger charge is 2.53. The molecule has 0 saturated carbocycles. The number of alkyl halides is 2. The lowest BCUT2D eigenvalue weighted by atomic mass is 10.1. The van der Waals surface area contributed by atoms with Crippen molar-refractivity contribution in [3.8, 4) is 5.75 Å². The van der Waals surface area contributed by atoms with Crippen LogP contribution in [0.2, 0.25) is 0 Å². The van der Waals surface area contributed by atoms with Crippen LogP contribution in [0.4, 0.5) is 8.78 Å². The molecule has 0 aliphatic carbocycles. The van der Waals surface area contributed by atoms with Crippen molar-refractivity contribution >= 4 is 41.7 Å². The van der Waals surface area contributed by atoms with Crippen LogP contribution < -0.4 is 4.52 Å². The van der Waals surface area contributed by atoms with Gasteiger partial charge in [0, 0.05) is 16.8 Å². The molecule has 4 rings (SSSR count). The monoisotopic (exact) mass is 521 g/mol. The van der Waals surface area contributed by atoms with Crippen LogP contribution in [0.1, 0.15) is 47.8 Å². The first-order valence-corrected chi connectivity index (χ1v) is 13.5. The Bertz CT molecular complexity index is 1190. The summed E-state index contributed by atoms with van der Waals surface area (Å²) in [5, 5.41) is 9.69. The fourth-order valence-corrected chi connectivity index (χ4v) is 6.81. The Kier molecular flexibility index (Phi) is 7.99. The highest BCUT2D eigenvalue weighted by molar-refractivity contribution is 7.51. The molecular formula is C25H26F2NO5PS. The highest BCUT2D eigenvalue weighted by Crippen LogP contribution is 2.63. The lowest BCUT2D eigenvalue weighted by molar-refractivity contribution is -0.147. The summed E-state index contributed by atoms with van der Waals surface area (Å²) in [6.07, 6.45) is 2.57.